The molecule has 1 aromatic rings. The van der Waals surface area contributed by atoms with Gasteiger partial charge in [0, 0.05) is 18.5 Å². The first-order valence-corrected chi connectivity index (χ1v) is 13.4. The molecule has 1 saturated carbocycles. The van der Waals surface area contributed by atoms with Crippen LogP contribution in [0.3, 0.4) is 0 Å². The number of carbonyl (C=O) groups excluding carboxylic acids is 3. The maximum Gasteiger partial charge on any atom is 0.240 e. The maximum absolute atomic E-state index is 13.9. The van der Waals surface area contributed by atoms with Gasteiger partial charge in [-0.05, 0) is 69.5 Å². The molecule has 1 saturated heterocycles. The Balaban J connectivity index is 1.87. The highest BCUT2D eigenvalue weighted by Gasteiger charge is 2.50. The predicted molar refractivity (Wildman–Crippen MR) is 140 cm³/mol. The first-order chi connectivity index (χ1) is 17.5. The van der Waals surface area contributed by atoms with Gasteiger partial charge in [0.2, 0.25) is 11.4 Å². The molecule has 1 aliphatic carbocycles. The molecule has 1 heterocycles. The smallest absolute Gasteiger partial charge is 0.240 e. The fourth-order valence-electron chi connectivity index (χ4n) is 6.06. The van der Waals surface area contributed by atoms with Gasteiger partial charge in [0.15, 0.2) is 17.9 Å². The van der Waals surface area contributed by atoms with Crippen LogP contribution in [0.1, 0.15) is 71.8 Å². The number of carbonyl (C=O) groups is 3. The molecule has 0 aromatic heterocycles. The third kappa shape index (κ3) is 6.16. The Morgan fingerprint density at radius 2 is 1.81 bits per heavy atom. The van der Waals surface area contributed by atoms with E-state index in [-0.39, 0.29) is 36.9 Å². The Labute approximate surface area is 219 Å². The van der Waals surface area contributed by atoms with Gasteiger partial charge in [0.05, 0.1) is 18.6 Å². The van der Waals surface area contributed by atoms with Crippen LogP contribution in [0.5, 0.6) is 0 Å². The number of aliphatic hydroxyl groups is 2. The number of nitroso groups, excluding NO2 is 1. The zero-order valence-corrected chi connectivity index (χ0v) is 22.4. The molecule has 1 aliphatic heterocycles. The van der Waals surface area contributed by atoms with E-state index in [0.29, 0.717) is 12.8 Å². The van der Waals surface area contributed by atoms with Gasteiger partial charge >= 0.3 is 0 Å². The van der Waals surface area contributed by atoms with Crippen LogP contribution < -0.4 is 0 Å². The van der Waals surface area contributed by atoms with Crippen LogP contribution in [0.15, 0.2) is 35.5 Å². The Morgan fingerprint density at radius 3 is 2.41 bits per heavy atom. The molecule has 1 aromatic carbocycles. The molecule has 3 rings (SSSR count). The monoisotopic (exact) mass is 515 g/mol. The number of hydrogen-bond acceptors (Lipinski definition) is 8. The number of Topliss-reactive ketones (excluding diaryl/α,β-unsaturated/α-hetero) is 2. The second-order valence-corrected chi connectivity index (χ2v) is 10.8. The topological polar surface area (TPSA) is 128 Å². The zero-order chi connectivity index (χ0) is 27.3. The largest absolute Gasteiger partial charge is 0.366 e. The third-order valence-electron chi connectivity index (χ3n) is 8.51. The molecule has 0 bridgehead atoms. The van der Waals surface area contributed by atoms with Gasteiger partial charge in [0.1, 0.15) is 0 Å². The number of aryl methyl sites for hydroxylation is 1. The molecule has 2 N–H and O–H groups in total. The quantitative estimate of drug-likeness (QED) is 0.235. The molecule has 9 nitrogen and oxygen atoms in total. The molecular formula is C28H41N3O6. The van der Waals surface area contributed by atoms with Crippen LogP contribution >= 0.6 is 0 Å². The lowest BCUT2D eigenvalue weighted by Crippen LogP contribution is -2.58. The lowest BCUT2D eigenvalue weighted by Gasteiger charge is -2.39. The second-order valence-electron chi connectivity index (χ2n) is 10.8. The molecule has 2 fully saturated rings. The van der Waals surface area contributed by atoms with Crippen molar-refractivity contribution in [3.8, 4) is 0 Å². The molecular weight excluding hydrogens is 474 g/mol. The van der Waals surface area contributed by atoms with Gasteiger partial charge < -0.3 is 15.1 Å². The minimum Gasteiger partial charge on any atom is -0.366 e. The van der Waals surface area contributed by atoms with E-state index in [4.69, 9.17) is 0 Å². The number of ketones is 2. The molecule has 1 amide bonds. The highest BCUT2D eigenvalue weighted by molar-refractivity contribution is 6.12. The van der Waals surface area contributed by atoms with Gasteiger partial charge in [-0.2, -0.15) is 0 Å². The summed E-state index contributed by atoms with van der Waals surface area (Å²) < 4.78 is 0. The SMILES string of the molecule is CCC(=O)C(C)(N=O)C(=O)CN(C(C)CCc1ccccc1)C(C)C(=O)N1C(C(O)O)CC2CCCC21. The van der Waals surface area contributed by atoms with Crippen molar-refractivity contribution in [1.82, 2.24) is 9.80 Å². The Morgan fingerprint density at radius 1 is 1.14 bits per heavy atom. The molecule has 37 heavy (non-hydrogen) atoms. The van der Waals surface area contributed by atoms with Gasteiger partial charge in [-0.15, -0.1) is 4.91 Å². The summed E-state index contributed by atoms with van der Waals surface area (Å²) in [6.45, 7) is 6.18. The maximum atomic E-state index is 13.9. The number of nitrogens with zero attached hydrogens (tertiary/aromatic N) is 3. The average Bonchev–Trinajstić information content (AvgIpc) is 3.50. The number of hydrogen-bond donors (Lipinski definition) is 2. The minimum atomic E-state index is -2.01. The van der Waals surface area contributed by atoms with E-state index >= 15 is 0 Å². The summed E-state index contributed by atoms with van der Waals surface area (Å²) in [5.41, 5.74) is -0.889. The summed E-state index contributed by atoms with van der Waals surface area (Å²) in [5.74, 6) is -1.23. The molecule has 9 heteroatoms. The number of aliphatic hydroxyl groups excluding tert-OH is 1. The normalized spacial score (nSPS) is 24.5. The van der Waals surface area contributed by atoms with E-state index in [0.717, 1.165) is 31.2 Å². The number of amides is 1. The van der Waals surface area contributed by atoms with E-state index in [1.165, 1.54) is 6.92 Å². The highest BCUT2D eigenvalue weighted by atomic mass is 16.5. The van der Waals surface area contributed by atoms with Crippen molar-refractivity contribution in [3.05, 3.63) is 40.8 Å². The summed E-state index contributed by atoms with van der Waals surface area (Å²) >= 11 is 0. The summed E-state index contributed by atoms with van der Waals surface area (Å²) in [6.07, 6.45) is 3.01. The summed E-state index contributed by atoms with van der Waals surface area (Å²) in [6, 6.07) is 8.12. The van der Waals surface area contributed by atoms with Crippen molar-refractivity contribution in [2.24, 2.45) is 11.1 Å². The Bertz CT molecular complexity index is 970. The van der Waals surface area contributed by atoms with Crippen molar-refractivity contribution in [3.63, 3.8) is 0 Å². The van der Waals surface area contributed by atoms with E-state index in [2.05, 4.69) is 5.18 Å². The van der Waals surface area contributed by atoms with Crippen LogP contribution in [0.25, 0.3) is 0 Å². The number of benzene rings is 1. The number of likely N-dealkylation sites (tertiary alicyclic amines) is 1. The molecule has 6 atom stereocenters. The molecule has 204 valence electrons. The summed E-state index contributed by atoms with van der Waals surface area (Å²) in [4.78, 5) is 54.7. The van der Waals surface area contributed by atoms with Gasteiger partial charge in [-0.3, -0.25) is 19.3 Å². The first kappa shape index (κ1) is 29.1. The van der Waals surface area contributed by atoms with Crippen LogP contribution in [0.2, 0.25) is 0 Å². The fourth-order valence-corrected chi connectivity index (χ4v) is 6.06. The van der Waals surface area contributed by atoms with Gasteiger partial charge in [0.25, 0.3) is 0 Å². The van der Waals surface area contributed by atoms with Crippen LogP contribution in [-0.2, 0) is 20.8 Å². The number of fused-ring (bicyclic) bond motifs is 1. The lowest BCUT2D eigenvalue weighted by atomic mass is 9.89. The van der Waals surface area contributed by atoms with E-state index in [9.17, 15) is 29.5 Å². The molecule has 0 spiro atoms. The summed E-state index contributed by atoms with van der Waals surface area (Å²) in [5, 5.41) is 23.0. The average molecular weight is 516 g/mol. The van der Waals surface area contributed by atoms with Crippen molar-refractivity contribution >= 4 is 17.5 Å². The van der Waals surface area contributed by atoms with Crippen molar-refractivity contribution in [2.45, 2.75) is 109 Å². The second kappa shape index (κ2) is 12.4. The van der Waals surface area contributed by atoms with Crippen LogP contribution in [0, 0.1) is 10.8 Å². The predicted octanol–water partition coefficient (Wildman–Crippen LogP) is 2.85. The van der Waals surface area contributed by atoms with E-state index < -0.39 is 35.5 Å². The first-order valence-electron chi connectivity index (χ1n) is 13.4. The van der Waals surface area contributed by atoms with Crippen molar-refractivity contribution in [1.29, 1.82) is 0 Å². The lowest BCUT2D eigenvalue weighted by molar-refractivity contribution is -0.152. The van der Waals surface area contributed by atoms with Crippen molar-refractivity contribution in [2.75, 3.05) is 6.54 Å². The Hall–Kier alpha value is -2.49. The molecule has 0 radical (unpaired) electrons. The molecule has 2 aliphatic rings. The zero-order valence-electron chi connectivity index (χ0n) is 22.4. The standard InChI is InChI=1S/C28H41N3O6/c1-5-24(32)28(4,29-37)25(33)17-30(18(2)14-15-20-10-7-6-8-11-20)19(3)26(34)31-22-13-9-12-21(22)16-23(31)27(35)36/h6-8,10-11,18-19,21-23,27,35-36H,5,9,12-17H2,1-4H3. The summed E-state index contributed by atoms with van der Waals surface area (Å²) in [7, 11) is 0. The number of rotatable bonds is 13. The minimum absolute atomic E-state index is 0.00105. The van der Waals surface area contributed by atoms with E-state index in [1.54, 1.807) is 23.6 Å². The van der Waals surface area contributed by atoms with Gasteiger partial charge in [-0.25, -0.2) is 0 Å². The Kier molecular flexibility index (Phi) is 9.72. The fraction of sp³-hybridized carbons (Fsp3) is 0.679. The van der Waals surface area contributed by atoms with Crippen LogP contribution in [0.4, 0.5) is 0 Å². The van der Waals surface area contributed by atoms with Crippen LogP contribution in [-0.4, -0.2) is 80.0 Å². The van der Waals surface area contributed by atoms with E-state index in [1.807, 2.05) is 37.3 Å². The van der Waals surface area contributed by atoms with Crippen molar-refractivity contribution < 1.29 is 24.6 Å². The third-order valence-corrected chi connectivity index (χ3v) is 8.51. The van der Waals surface area contributed by atoms with Gasteiger partial charge in [-0.1, -0.05) is 43.7 Å². The molecule has 6 unspecified atom stereocenters. The highest BCUT2D eigenvalue weighted by Crippen LogP contribution is 2.42.